The first-order valence-electron chi connectivity index (χ1n) is 7.00. The third-order valence-corrected chi connectivity index (χ3v) is 4.39. The van der Waals surface area contributed by atoms with Crippen LogP contribution in [0.25, 0.3) is 0 Å². The Kier molecular flexibility index (Phi) is 5.20. The Morgan fingerprint density at radius 3 is 2.76 bits per heavy atom. The number of carboxylic acids is 1. The number of benzene rings is 1. The Morgan fingerprint density at radius 2 is 2.14 bits per heavy atom. The van der Waals surface area contributed by atoms with E-state index in [2.05, 4.69) is 5.32 Å². The van der Waals surface area contributed by atoms with Crippen molar-refractivity contribution in [1.82, 2.24) is 5.32 Å². The average Bonchev–Trinajstić information content (AvgIpc) is 2.89. The van der Waals surface area contributed by atoms with Crippen molar-refractivity contribution in [2.24, 2.45) is 17.6 Å². The fourth-order valence-corrected chi connectivity index (χ4v) is 3.09. The fourth-order valence-electron chi connectivity index (χ4n) is 2.84. The van der Waals surface area contributed by atoms with Gasteiger partial charge in [-0.3, -0.25) is 9.59 Å². The first-order chi connectivity index (χ1) is 9.99. The molecule has 2 unspecified atom stereocenters. The van der Waals surface area contributed by atoms with E-state index in [4.69, 9.17) is 22.4 Å². The number of amides is 1. The SMILES string of the molecule is NC(=O)c1ccc(CNCC2CCCC2C(=O)O)c(Cl)c1. The monoisotopic (exact) mass is 310 g/mol. The summed E-state index contributed by atoms with van der Waals surface area (Å²) in [5.74, 6) is -1.29. The number of rotatable bonds is 6. The van der Waals surface area contributed by atoms with Gasteiger partial charge in [-0.05, 0) is 43.0 Å². The van der Waals surface area contributed by atoms with Crippen LogP contribution < -0.4 is 11.1 Å². The van der Waals surface area contributed by atoms with Crippen molar-refractivity contribution in [3.8, 4) is 0 Å². The van der Waals surface area contributed by atoms with Gasteiger partial charge in [0.25, 0.3) is 0 Å². The zero-order valence-corrected chi connectivity index (χ0v) is 12.4. The average molecular weight is 311 g/mol. The molecule has 1 aromatic carbocycles. The maximum atomic E-state index is 11.1. The van der Waals surface area contributed by atoms with E-state index >= 15 is 0 Å². The van der Waals surface area contributed by atoms with Gasteiger partial charge in [-0.1, -0.05) is 24.1 Å². The lowest BCUT2D eigenvalue weighted by Crippen LogP contribution is -2.28. The third-order valence-electron chi connectivity index (χ3n) is 4.04. The van der Waals surface area contributed by atoms with Crippen LogP contribution in [0.1, 0.15) is 35.2 Å². The summed E-state index contributed by atoms with van der Waals surface area (Å²) >= 11 is 6.11. The summed E-state index contributed by atoms with van der Waals surface area (Å²) in [5.41, 5.74) is 6.44. The molecule has 1 aliphatic rings. The van der Waals surface area contributed by atoms with E-state index in [0.717, 1.165) is 24.8 Å². The molecule has 21 heavy (non-hydrogen) atoms. The van der Waals surface area contributed by atoms with Gasteiger partial charge < -0.3 is 16.2 Å². The molecule has 1 saturated carbocycles. The van der Waals surface area contributed by atoms with Crippen LogP contribution in [0.3, 0.4) is 0 Å². The van der Waals surface area contributed by atoms with Crippen LogP contribution in [0.5, 0.6) is 0 Å². The van der Waals surface area contributed by atoms with Gasteiger partial charge >= 0.3 is 5.97 Å². The van der Waals surface area contributed by atoms with Crippen molar-refractivity contribution in [3.05, 3.63) is 34.3 Å². The highest BCUT2D eigenvalue weighted by atomic mass is 35.5. The summed E-state index contributed by atoms with van der Waals surface area (Å²) in [5, 5.41) is 12.9. The number of carbonyl (C=O) groups is 2. The molecule has 0 heterocycles. The molecule has 0 aromatic heterocycles. The number of carbonyl (C=O) groups excluding carboxylic acids is 1. The summed E-state index contributed by atoms with van der Waals surface area (Å²) in [6.07, 6.45) is 2.67. The van der Waals surface area contributed by atoms with Crippen LogP contribution in [0.15, 0.2) is 18.2 Å². The molecule has 4 N–H and O–H groups in total. The summed E-state index contributed by atoms with van der Waals surface area (Å²) < 4.78 is 0. The Labute approximate surface area is 128 Å². The van der Waals surface area contributed by atoms with Crippen molar-refractivity contribution >= 4 is 23.5 Å². The van der Waals surface area contributed by atoms with Crippen LogP contribution in [0.2, 0.25) is 5.02 Å². The topological polar surface area (TPSA) is 92.4 Å². The summed E-state index contributed by atoms with van der Waals surface area (Å²) in [7, 11) is 0. The van der Waals surface area contributed by atoms with E-state index in [-0.39, 0.29) is 11.8 Å². The largest absolute Gasteiger partial charge is 0.481 e. The molecule has 0 aliphatic heterocycles. The summed E-state index contributed by atoms with van der Waals surface area (Å²) in [6, 6.07) is 4.95. The molecular weight excluding hydrogens is 292 g/mol. The van der Waals surface area contributed by atoms with E-state index < -0.39 is 11.9 Å². The molecule has 0 saturated heterocycles. The van der Waals surface area contributed by atoms with Crippen molar-refractivity contribution < 1.29 is 14.7 Å². The number of nitrogens with two attached hydrogens (primary N) is 1. The van der Waals surface area contributed by atoms with Crippen molar-refractivity contribution in [3.63, 3.8) is 0 Å². The normalized spacial score (nSPS) is 21.4. The minimum atomic E-state index is -0.705. The van der Waals surface area contributed by atoms with Gasteiger partial charge in [-0.15, -0.1) is 0 Å². The maximum Gasteiger partial charge on any atom is 0.306 e. The van der Waals surface area contributed by atoms with Crippen LogP contribution in [-0.2, 0) is 11.3 Å². The van der Waals surface area contributed by atoms with Crippen LogP contribution >= 0.6 is 11.6 Å². The Balaban J connectivity index is 1.89. The zero-order valence-electron chi connectivity index (χ0n) is 11.6. The molecule has 1 aliphatic carbocycles. The molecule has 5 nitrogen and oxygen atoms in total. The Hall–Kier alpha value is -1.59. The molecule has 1 amide bonds. The van der Waals surface area contributed by atoms with Gasteiger partial charge in [-0.25, -0.2) is 0 Å². The molecule has 2 rings (SSSR count). The number of primary amides is 1. The van der Waals surface area contributed by atoms with Crippen molar-refractivity contribution in [2.75, 3.05) is 6.54 Å². The number of nitrogens with one attached hydrogen (secondary N) is 1. The van der Waals surface area contributed by atoms with Gasteiger partial charge in [0, 0.05) is 17.1 Å². The molecule has 0 bridgehead atoms. The standard InChI is InChI=1S/C15H19ClN2O3/c16-13-6-9(14(17)19)4-5-11(13)8-18-7-10-2-1-3-12(10)15(20)21/h4-6,10,12,18H,1-3,7-8H2,(H2,17,19)(H,20,21). The predicted molar refractivity (Wildman–Crippen MR) is 80.1 cm³/mol. The molecule has 114 valence electrons. The first kappa shape index (κ1) is 15.8. The number of carboxylic acid groups (broad SMARTS) is 1. The smallest absolute Gasteiger partial charge is 0.306 e. The first-order valence-corrected chi connectivity index (χ1v) is 7.38. The van der Waals surface area contributed by atoms with Gasteiger partial charge in [0.05, 0.1) is 5.92 Å². The number of hydrogen-bond donors (Lipinski definition) is 3. The number of aliphatic carboxylic acids is 1. The van der Waals surface area contributed by atoms with Gasteiger partial charge in [0.15, 0.2) is 0 Å². The molecule has 1 fully saturated rings. The predicted octanol–water partition coefficient (Wildman–Crippen LogP) is 2.03. The molecule has 0 radical (unpaired) electrons. The van der Waals surface area contributed by atoms with E-state index in [1.54, 1.807) is 18.2 Å². The lowest BCUT2D eigenvalue weighted by molar-refractivity contribution is -0.142. The molecule has 1 aromatic rings. The second-order valence-corrected chi connectivity index (χ2v) is 5.84. The fraction of sp³-hybridized carbons (Fsp3) is 0.467. The maximum absolute atomic E-state index is 11.1. The molecule has 0 spiro atoms. The molecule has 2 atom stereocenters. The highest BCUT2D eigenvalue weighted by Crippen LogP contribution is 2.31. The minimum Gasteiger partial charge on any atom is -0.481 e. The molecular formula is C15H19ClN2O3. The van der Waals surface area contributed by atoms with E-state index in [0.29, 0.717) is 23.7 Å². The summed E-state index contributed by atoms with van der Waals surface area (Å²) in [6.45, 7) is 1.20. The lowest BCUT2D eigenvalue weighted by atomic mass is 9.96. The number of hydrogen-bond acceptors (Lipinski definition) is 3. The van der Waals surface area contributed by atoms with Gasteiger partial charge in [-0.2, -0.15) is 0 Å². The van der Waals surface area contributed by atoms with E-state index in [9.17, 15) is 9.59 Å². The quantitative estimate of drug-likeness (QED) is 0.749. The second kappa shape index (κ2) is 6.91. The van der Waals surface area contributed by atoms with Crippen LogP contribution in [0.4, 0.5) is 0 Å². The number of halogens is 1. The van der Waals surface area contributed by atoms with E-state index in [1.165, 1.54) is 0 Å². The highest BCUT2D eigenvalue weighted by molar-refractivity contribution is 6.31. The zero-order chi connectivity index (χ0) is 15.4. The Morgan fingerprint density at radius 1 is 1.38 bits per heavy atom. The van der Waals surface area contributed by atoms with Crippen molar-refractivity contribution in [2.45, 2.75) is 25.8 Å². The lowest BCUT2D eigenvalue weighted by Gasteiger charge is -2.16. The van der Waals surface area contributed by atoms with Crippen molar-refractivity contribution in [1.29, 1.82) is 0 Å². The minimum absolute atomic E-state index is 0.172. The summed E-state index contributed by atoms with van der Waals surface area (Å²) in [4.78, 5) is 22.2. The van der Waals surface area contributed by atoms with Gasteiger partial charge in [0.1, 0.15) is 0 Å². The van der Waals surface area contributed by atoms with Crippen LogP contribution in [0, 0.1) is 11.8 Å². The van der Waals surface area contributed by atoms with Gasteiger partial charge in [0.2, 0.25) is 5.91 Å². The third kappa shape index (κ3) is 3.95. The highest BCUT2D eigenvalue weighted by Gasteiger charge is 2.32. The van der Waals surface area contributed by atoms with E-state index in [1.807, 2.05) is 0 Å². The van der Waals surface area contributed by atoms with Crippen LogP contribution in [-0.4, -0.2) is 23.5 Å². The molecule has 6 heteroatoms. The Bertz CT molecular complexity index is 548. The second-order valence-electron chi connectivity index (χ2n) is 5.44.